The van der Waals surface area contributed by atoms with E-state index in [0.29, 0.717) is 13.1 Å². The van der Waals surface area contributed by atoms with Gasteiger partial charge in [-0.05, 0) is 13.8 Å². The zero-order valence-corrected chi connectivity index (χ0v) is 12.5. The van der Waals surface area contributed by atoms with E-state index >= 15 is 0 Å². The number of piperazine rings is 1. The van der Waals surface area contributed by atoms with Gasteiger partial charge in [0.2, 0.25) is 5.91 Å². The van der Waals surface area contributed by atoms with Crippen LogP contribution >= 0.6 is 0 Å². The van der Waals surface area contributed by atoms with Gasteiger partial charge in [0.1, 0.15) is 11.6 Å². The number of aliphatic carboxylic acids is 1. The van der Waals surface area contributed by atoms with Crippen LogP contribution < -0.4 is 5.32 Å². The van der Waals surface area contributed by atoms with Crippen LogP contribution in [0.3, 0.4) is 0 Å². The molecule has 0 aromatic heterocycles. The van der Waals surface area contributed by atoms with E-state index in [2.05, 4.69) is 5.32 Å². The minimum atomic E-state index is -1.05. The number of urea groups is 1. The lowest BCUT2D eigenvalue weighted by Crippen LogP contribution is -2.66. The highest BCUT2D eigenvalue weighted by molar-refractivity contribution is 5.92. The van der Waals surface area contributed by atoms with E-state index in [1.54, 1.807) is 13.8 Å². The number of likely N-dealkylation sites (tertiary alicyclic amines) is 1. The number of carboxylic acids is 1. The zero-order chi connectivity index (χ0) is 15.8. The van der Waals surface area contributed by atoms with Gasteiger partial charge >= 0.3 is 12.0 Å². The van der Waals surface area contributed by atoms with Crippen LogP contribution in [0.25, 0.3) is 0 Å². The Labute approximate surface area is 123 Å². The summed E-state index contributed by atoms with van der Waals surface area (Å²) in [6.45, 7) is 4.25. The lowest BCUT2D eigenvalue weighted by atomic mass is 9.99. The average Bonchev–Trinajstić information content (AvgIpc) is 2.85. The van der Waals surface area contributed by atoms with Crippen molar-refractivity contribution in [3.8, 4) is 0 Å². The number of hydrogen-bond acceptors (Lipinski definition) is 4. The Kier molecular flexibility index (Phi) is 4.08. The third-order valence-corrected chi connectivity index (χ3v) is 4.21. The van der Waals surface area contributed by atoms with Gasteiger partial charge in [-0.1, -0.05) is 0 Å². The molecular formula is C13H21N3O5. The van der Waals surface area contributed by atoms with Crippen molar-refractivity contribution < 1.29 is 24.2 Å². The summed E-state index contributed by atoms with van der Waals surface area (Å²) in [5, 5.41) is 12.0. The molecule has 2 saturated heterocycles. The Bertz CT molecular complexity index is 465. The number of amides is 3. The molecule has 8 heteroatoms. The second-order valence-electron chi connectivity index (χ2n) is 5.85. The number of hydrogen-bond donors (Lipinski definition) is 2. The number of nitrogens with zero attached hydrogens (tertiary/aromatic N) is 2. The van der Waals surface area contributed by atoms with Crippen LogP contribution in [-0.2, 0) is 14.3 Å². The summed E-state index contributed by atoms with van der Waals surface area (Å²) in [6.07, 6.45) is -0.0327. The molecule has 2 rings (SSSR count). The van der Waals surface area contributed by atoms with E-state index in [-0.39, 0.29) is 25.0 Å². The minimum Gasteiger partial charge on any atom is -0.480 e. The van der Waals surface area contributed by atoms with E-state index < -0.39 is 23.6 Å². The van der Waals surface area contributed by atoms with Crippen molar-refractivity contribution in [2.45, 2.75) is 38.0 Å². The molecule has 2 unspecified atom stereocenters. The molecule has 3 amide bonds. The third kappa shape index (κ3) is 2.67. The smallest absolute Gasteiger partial charge is 0.326 e. The summed E-state index contributed by atoms with van der Waals surface area (Å²) in [5.41, 5.74) is -0.996. The molecule has 2 heterocycles. The summed E-state index contributed by atoms with van der Waals surface area (Å²) >= 11 is 0. The number of carbonyl (C=O) groups is 3. The van der Waals surface area contributed by atoms with Crippen LogP contribution in [0.4, 0.5) is 4.79 Å². The van der Waals surface area contributed by atoms with E-state index in [1.807, 2.05) is 0 Å². The molecule has 0 aromatic rings. The molecule has 8 nitrogen and oxygen atoms in total. The molecule has 21 heavy (non-hydrogen) atoms. The summed E-state index contributed by atoms with van der Waals surface area (Å²) in [6, 6.07) is -1.34. The Hall–Kier alpha value is -1.83. The van der Waals surface area contributed by atoms with Gasteiger partial charge < -0.3 is 25.0 Å². The van der Waals surface area contributed by atoms with Gasteiger partial charge in [0.25, 0.3) is 0 Å². The average molecular weight is 299 g/mol. The first-order valence-electron chi connectivity index (χ1n) is 6.91. The molecule has 0 radical (unpaired) electrons. The first kappa shape index (κ1) is 15.6. The first-order chi connectivity index (χ1) is 9.78. The Morgan fingerprint density at radius 2 is 2.10 bits per heavy atom. The first-order valence-corrected chi connectivity index (χ1v) is 6.91. The molecule has 2 N–H and O–H groups in total. The normalized spacial score (nSPS) is 28.4. The van der Waals surface area contributed by atoms with Crippen molar-refractivity contribution >= 4 is 17.9 Å². The maximum atomic E-state index is 12.7. The van der Waals surface area contributed by atoms with Crippen molar-refractivity contribution in [1.29, 1.82) is 0 Å². The summed E-state index contributed by atoms with van der Waals surface area (Å²) in [5.74, 6) is -1.29. The maximum Gasteiger partial charge on any atom is 0.326 e. The molecule has 0 bridgehead atoms. The standard InChI is InChI=1S/C13H21N3O5/c1-13(2)11(19)14-4-5-16(13)12(20)15-7-8(21-3)6-9(15)10(17)18/h8-9H,4-7H2,1-3H3,(H,14,19)(H,17,18). The molecule has 0 spiro atoms. The van der Waals surface area contributed by atoms with Crippen LogP contribution in [0, 0.1) is 0 Å². The number of rotatable bonds is 2. The third-order valence-electron chi connectivity index (χ3n) is 4.21. The van der Waals surface area contributed by atoms with E-state index in [0.717, 1.165) is 0 Å². The van der Waals surface area contributed by atoms with Gasteiger partial charge in [-0.15, -0.1) is 0 Å². The van der Waals surface area contributed by atoms with Crippen LogP contribution in [0.2, 0.25) is 0 Å². The molecule has 0 saturated carbocycles. The van der Waals surface area contributed by atoms with Gasteiger partial charge in [-0.3, -0.25) is 4.79 Å². The number of nitrogens with one attached hydrogen (secondary N) is 1. The topological polar surface area (TPSA) is 99.2 Å². The zero-order valence-electron chi connectivity index (χ0n) is 12.5. The number of carboxylic acid groups (broad SMARTS) is 1. The van der Waals surface area contributed by atoms with E-state index in [4.69, 9.17) is 4.74 Å². The van der Waals surface area contributed by atoms with Crippen LogP contribution in [0.15, 0.2) is 0 Å². The lowest BCUT2D eigenvalue weighted by molar-refractivity contribution is -0.141. The summed E-state index contributed by atoms with van der Waals surface area (Å²) in [7, 11) is 1.50. The molecule has 0 aliphatic carbocycles. The van der Waals surface area contributed by atoms with Crippen molar-refractivity contribution in [1.82, 2.24) is 15.1 Å². The van der Waals surface area contributed by atoms with Crippen LogP contribution in [-0.4, -0.2) is 77.2 Å². The van der Waals surface area contributed by atoms with Crippen molar-refractivity contribution in [3.63, 3.8) is 0 Å². The highest BCUT2D eigenvalue weighted by Crippen LogP contribution is 2.26. The van der Waals surface area contributed by atoms with Crippen LogP contribution in [0.5, 0.6) is 0 Å². The number of methoxy groups -OCH3 is 1. The van der Waals surface area contributed by atoms with Crippen molar-refractivity contribution in [2.75, 3.05) is 26.7 Å². The fourth-order valence-electron chi connectivity index (χ4n) is 2.80. The lowest BCUT2D eigenvalue weighted by Gasteiger charge is -2.43. The van der Waals surface area contributed by atoms with Gasteiger partial charge in [-0.25, -0.2) is 9.59 Å². The van der Waals surface area contributed by atoms with Crippen molar-refractivity contribution in [3.05, 3.63) is 0 Å². The second-order valence-corrected chi connectivity index (χ2v) is 5.85. The van der Waals surface area contributed by atoms with Gasteiger partial charge in [0.15, 0.2) is 0 Å². The molecular weight excluding hydrogens is 278 g/mol. The fourth-order valence-corrected chi connectivity index (χ4v) is 2.80. The van der Waals surface area contributed by atoms with Crippen molar-refractivity contribution in [2.24, 2.45) is 0 Å². The fraction of sp³-hybridized carbons (Fsp3) is 0.769. The predicted octanol–water partition coefficient (Wildman–Crippen LogP) is -0.509. The van der Waals surface area contributed by atoms with Gasteiger partial charge in [-0.2, -0.15) is 0 Å². The molecule has 2 fully saturated rings. The summed E-state index contributed by atoms with van der Waals surface area (Å²) in [4.78, 5) is 38.7. The SMILES string of the molecule is COC1CC(C(=O)O)N(C(=O)N2CCNC(=O)C2(C)C)C1. The largest absolute Gasteiger partial charge is 0.480 e. The monoisotopic (exact) mass is 299 g/mol. The molecule has 2 aliphatic rings. The molecule has 118 valence electrons. The Morgan fingerprint density at radius 3 is 2.67 bits per heavy atom. The maximum absolute atomic E-state index is 12.7. The minimum absolute atomic E-state index is 0.223. The number of carbonyl (C=O) groups excluding carboxylic acids is 2. The van der Waals surface area contributed by atoms with Gasteiger partial charge in [0.05, 0.1) is 6.10 Å². The molecule has 0 aromatic carbocycles. The van der Waals surface area contributed by atoms with E-state index in [1.165, 1.54) is 16.9 Å². The van der Waals surface area contributed by atoms with E-state index in [9.17, 15) is 19.5 Å². The predicted molar refractivity (Wildman–Crippen MR) is 72.7 cm³/mol. The quantitative estimate of drug-likeness (QED) is 0.715. The number of ether oxygens (including phenoxy) is 1. The highest BCUT2D eigenvalue weighted by atomic mass is 16.5. The van der Waals surface area contributed by atoms with Crippen LogP contribution in [0.1, 0.15) is 20.3 Å². The van der Waals surface area contributed by atoms with Gasteiger partial charge in [0, 0.05) is 33.2 Å². The summed E-state index contributed by atoms with van der Waals surface area (Å²) < 4.78 is 5.18. The highest BCUT2D eigenvalue weighted by Gasteiger charge is 2.47. The Morgan fingerprint density at radius 1 is 1.43 bits per heavy atom. The Balaban J connectivity index is 2.21. The second kappa shape index (κ2) is 5.51. The molecule has 2 aliphatic heterocycles. The molecule has 2 atom stereocenters.